The van der Waals surface area contributed by atoms with Crippen molar-refractivity contribution in [2.24, 2.45) is 5.41 Å². The second kappa shape index (κ2) is 6.61. The fourth-order valence-corrected chi connectivity index (χ4v) is 2.24. The van der Waals surface area contributed by atoms with Gasteiger partial charge in [-0.25, -0.2) is 0 Å². The molecule has 1 aliphatic rings. The molecule has 96 valence electrons. The van der Waals surface area contributed by atoms with E-state index in [9.17, 15) is 0 Å². The van der Waals surface area contributed by atoms with E-state index in [1.807, 2.05) is 0 Å². The summed E-state index contributed by atoms with van der Waals surface area (Å²) in [6.07, 6.45) is 5.43. The Bertz CT molecular complexity index is 184. The molecule has 1 saturated heterocycles. The van der Waals surface area contributed by atoms with Crippen molar-refractivity contribution in [3.8, 4) is 0 Å². The highest BCUT2D eigenvalue weighted by Crippen LogP contribution is 2.14. The molecule has 0 aromatic carbocycles. The minimum atomic E-state index is 0.412. The molecule has 1 heterocycles. The fraction of sp³-hybridized carbons (Fsp3) is 1.00. The summed E-state index contributed by atoms with van der Waals surface area (Å²) >= 11 is 0. The van der Waals surface area contributed by atoms with Gasteiger partial charge in [-0.2, -0.15) is 0 Å². The third kappa shape index (κ3) is 5.86. The van der Waals surface area contributed by atoms with Crippen molar-refractivity contribution in [3.05, 3.63) is 0 Å². The molecule has 1 N–H and O–H groups in total. The number of unbranched alkanes of at least 4 members (excludes halogenated alkanes) is 2. The van der Waals surface area contributed by atoms with Gasteiger partial charge in [-0.3, -0.25) is 0 Å². The molecule has 0 aliphatic carbocycles. The van der Waals surface area contributed by atoms with E-state index in [0.29, 0.717) is 5.41 Å². The average molecular weight is 226 g/mol. The van der Waals surface area contributed by atoms with Gasteiger partial charge in [0.2, 0.25) is 0 Å². The zero-order valence-corrected chi connectivity index (χ0v) is 11.7. The van der Waals surface area contributed by atoms with Crippen molar-refractivity contribution < 1.29 is 0 Å². The highest BCUT2D eigenvalue weighted by Gasteiger charge is 2.22. The molecule has 0 radical (unpaired) electrons. The highest BCUT2D eigenvalue weighted by atomic mass is 15.2. The smallest absolute Gasteiger partial charge is 0.0207 e. The third-order valence-corrected chi connectivity index (χ3v) is 3.27. The van der Waals surface area contributed by atoms with Crippen LogP contribution in [0.2, 0.25) is 0 Å². The van der Waals surface area contributed by atoms with E-state index < -0.39 is 0 Å². The van der Waals surface area contributed by atoms with Crippen LogP contribution in [0.5, 0.6) is 0 Å². The molecule has 2 heteroatoms. The summed E-state index contributed by atoms with van der Waals surface area (Å²) in [7, 11) is 0. The van der Waals surface area contributed by atoms with Crippen molar-refractivity contribution in [2.45, 2.75) is 59.4 Å². The number of rotatable bonds is 6. The lowest BCUT2D eigenvalue weighted by Crippen LogP contribution is -2.37. The van der Waals surface area contributed by atoms with Crippen LogP contribution in [0.4, 0.5) is 0 Å². The van der Waals surface area contributed by atoms with Crippen LogP contribution < -0.4 is 5.32 Å². The van der Waals surface area contributed by atoms with Crippen LogP contribution in [0.1, 0.15) is 53.4 Å². The molecule has 0 amide bonds. The van der Waals surface area contributed by atoms with Crippen LogP contribution in [0.15, 0.2) is 0 Å². The standard InChI is InChI=1S/C14H30N2/c1-5-6-7-9-16-10-8-13(11-16)15-12-14(2,3)4/h13,15H,5-12H2,1-4H3. The molecule has 2 nitrogen and oxygen atoms in total. The molecule has 0 spiro atoms. The van der Waals surface area contributed by atoms with E-state index in [1.165, 1.54) is 45.3 Å². The molecule has 1 fully saturated rings. The second-order valence-electron chi connectivity index (χ2n) is 6.43. The van der Waals surface area contributed by atoms with E-state index >= 15 is 0 Å². The summed E-state index contributed by atoms with van der Waals surface area (Å²) in [5.41, 5.74) is 0.412. The molecular formula is C14H30N2. The first-order valence-corrected chi connectivity index (χ1v) is 6.97. The van der Waals surface area contributed by atoms with Gasteiger partial charge in [-0.05, 0) is 31.3 Å². The van der Waals surface area contributed by atoms with Gasteiger partial charge in [0, 0.05) is 19.1 Å². The lowest BCUT2D eigenvalue weighted by Gasteiger charge is -2.22. The summed E-state index contributed by atoms with van der Waals surface area (Å²) in [5, 5.41) is 3.70. The molecule has 16 heavy (non-hydrogen) atoms. The zero-order chi connectivity index (χ0) is 12.0. The Hall–Kier alpha value is -0.0800. The molecule has 1 unspecified atom stereocenters. The first kappa shape index (κ1) is 14.0. The Balaban J connectivity index is 2.10. The lowest BCUT2D eigenvalue weighted by atomic mass is 9.96. The molecule has 0 aromatic rings. The van der Waals surface area contributed by atoms with Crippen LogP contribution in [-0.4, -0.2) is 37.1 Å². The molecule has 0 saturated carbocycles. The largest absolute Gasteiger partial charge is 0.312 e. The van der Waals surface area contributed by atoms with Gasteiger partial charge in [-0.15, -0.1) is 0 Å². The summed E-state index contributed by atoms with van der Waals surface area (Å²) in [5.74, 6) is 0. The van der Waals surface area contributed by atoms with Crippen LogP contribution in [0.3, 0.4) is 0 Å². The van der Waals surface area contributed by atoms with Crippen LogP contribution in [0, 0.1) is 5.41 Å². The van der Waals surface area contributed by atoms with Crippen LogP contribution in [-0.2, 0) is 0 Å². The number of nitrogens with one attached hydrogen (secondary N) is 1. The van der Waals surface area contributed by atoms with Gasteiger partial charge in [0.15, 0.2) is 0 Å². The van der Waals surface area contributed by atoms with Crippen LogP contribution in [0.25, 0.3) is 0 Å². The maximum absolute atomic E-state index is 3.70. The molecule has 0 bridgehead atoms. The minimum absolute atomic E-state index is 0.412. The Labute approximate surface area is 102 Å². The zero-order valence-electron chi connectivity index (χ0n) is 11.7. The number of hydrogen-bond acceptors (Lipinski definition) is 2. The molecular weight excluding hydrogens is 196 g/mol. The van der Waals surface area contributed by atoms with E-state index in [1.54, 1.807) is 0 Å². The van der Waals surface area contributed by atoms with Crippen molar-refractivity contribution >= 4 is 0 Å². The Morgan fingerprint density at radius 1 is 1.25 bits per heavy atom. The predicted molar refractivity (Wildman–Crippen MR) is 71.8 cm³/mol. The Morgan fingerprint density at radius 3 is 2.62 bits per heavy atom. The van der Waals surface area contributed by atoms with E-state index in [4.69, 9.17) is 0 Å². The first-order chi connectivity index (χ1) is 7.51. The normalized spacial score (nSPS) is 22.9. The van der Waals surface area contributed by atoms with Crippen molar-refractivity contribution in [1.29, 1.82) is 0 Å². The number of likely N-dealkylation sites (tertiary alicyclic amines) is 1. The molecule has 1 aliphatic heterocycles. The van der Waals surface area contributed by atoms with Gasteiger partial charge >= 0.3 is 0 Å². The first-order valence-electron chi connectivity index (χ1n) is 6.97. The third-order valence-electron chi connectivity index (χ3n) is 3.27. The molecule has 1 rings (SSSR count). The average Bonchev–Trinajstić information content (AvgIpc) is 2.62. The number of hydrogen-bond donors (Lipinski definition) is 1. The molecule has 1 atom stereocenters. The van der Waals surface area contributed by atoms with Crippen LogP contribution >= 0.6 is 0 Å². The maximum atomic E-state index is 3.70. The summed E-state index contributed by atoms with van der Waals surface area (Å²) in [6.45, 7) is 14.2. The molecule has 0 aromatic heterocycles. The van der Waals surface area contributed by atoms with Crippen molar-refractivity contribution in [3.63, 3.8) is 0 Å². The van der Waals surface area contributed by atoms with E-state index in [-0.39, 0.29) is 0 Å². The van der Waals surface area contributed by atoms with Crippen molar-refractivity contribution in [1.82, 2.24) is 10.2 Å². The van der Waals surface area contributed by atoms with Gasteiger partial charge in [0.05, 0.1) is 0 Å². The van der Waals surface area contributed by atoms with Gasteiger partial charge < -0.3 is 10.2 Å². The summed E-state index contributed by atoms with van der Waals surface area (Å²) < 4.78 is 0. The predicted octanol–water partition coefficient (Wildman–Crippen LogP) is 2.89. The maximum Gasteiger partial charge on any atom is 0.0207 e. The summed E-state index contributed by atoms with van der Waals surface area (Å²) in [4.78, 5) is 2.62. The highest BCUT2D eigenvalue weighted by molar-refractivity contribution is 4.82. The minimum Gasteiger partial charge on any atom is -0.312 e. The summed E-state index contributed by atoms with van der Waals surface area (Å²) in [6, 6.07) is 0.737. The quantitative estimate of drug-likeness (QED) is 0.701. The SMILES string of the molecule is CCCCCN1CCC(NCC(C)(C)C)C1. The second-order valence-corrected chi connectivity index (χ2v) is 6.43. The lowest BCUT2D eigenvalue weighted by molar-refractivity contribution is 0.306. The van der Waals surface area contributed by atoms with Gasteiger partial charge in [-0.1, -0.05) is 40.5 Å². The van der Waals surface area contributed by atoms with Crippen molar-refractivity contribution in [2.75, 3.05) is 26.2 Å². The Kier molecular flexibility index (Phi) is 5.77. The van der Waals surface area contributed by atoms with E-state index in [0.717, 1.165) is 12.6 Å². The van der Waals surface area contributed by atoms with E-state index in [2.05, 4.69) is 37.9 Å². The topological polar surface area (TPSA) is 15.3 Å². The monoisotopic (exact) mass is 226 g/mol. The fourth-order valence-electron chi connectivity index (χ4n) is 2.24. The van der Waals surface area contributed by atoms with Gasteiger partial charge in [0.1, 0.15) is 0 Å². The number of nitrogens with zero attached hydrogens (tertiary/aromatic N) is 1. The van der Waals surface area contributed by atoms with Gasteiger partial charge in [0.25, 0.3) is 0 Å². The Morgan fingerprint density at radius 2 is 2.00 bits per heavy atom.